The predicted molar refractivity (Wildman–Crippen MR) is 52.2 cm³/mol. The fourth-order valence-corrected chi connectivity index (χ4v) is 4.10. The Bertz CT molecular complexity index is 254. The number of fused-ring (bicyclic) bond motifs is 5. The average Bonchev–Trinajstić information content (AvgIpc) is 2.62. The summed E-state index contributed by atoms with van der Waals surface area (Å²) in [6, 6.07) is 0. The number of rotatable bonds is 0. The molecule has 0 aromatic carbocycles. The molecule has 0 heterocycles. The molecule has 1 nitrogen and oxygen atoms in total. The highest BCUT2D eigenvalue weighted by Gasteiger charge is 2.53. The van der Waals surface area contributed by atoms with Gasteiger partial charge in [0.1, 0.15) is 0 Å². The number of allylic oxidation sites excluding steroid dienone is 2. The molecular formula is C12H18O. The molecule has 2 saturated carbocycles. The second-order valence-corrected chi connectivity index (χ2v) is 5.39. The van der Waals surface area contributed by atoms with Crippen molar-refractivity contribution in [3.63, 3.8) is 0 Å². The molecule has 0 aromatic rings. The van der Waals surface area contributed by atoms with E-state index in [4.69, 9.17) is 0 Å². The predicted octanol–water partition coefficient (Wildman–Crippen LogP) is 2.36. The van der Waals surface area contributed by atoms with Crippen LogP contribution in [0.25, 0.3) is 0 Å². The SMILES string of the molecule is CC1(O)CCCC2C3C=CC(C3)C21. The molecule has 5 atom stereocenters. The normalized spacial score (nSPS) is 58.3. The van der Waals surface area contributed by atoms with Crippen molar-refractivity contribution >= 4 is 0 Å². The average molecular weight is 178 g/mol. The Morgan fingerprint density at radius 3 is 2.85 bits per heavy atom. The van der Waals surface area contributed by atoms with Crippen LogP contribution in [0.3, 0.4) is 0 Å². The zero-order valence-electron chi connectivity index (χ0n) is 8.24. The van der Waals surface area contributed by atoms with Crippen LogP contribution in [0.1, 0.15) is 32.6 Å². The van der Waals surface area contributed by atoms with E-state index in [0.29, 0.717) is 11.8 Å². The number of hydrogen-bond donors (Lipinski definition) is 1. The molecule has 1 heteroatoms. The summed E-state index contributed by atoms with van der Waals surface area (Å²) < 4.78 is 0. The van der Waals surface area contributed by atoms with Crippen molar-refractivity contribution in [3.05, 3.63) is 12.2 Å². The standard InChI is InChI=1S/C12H18O/c1-12(13)6-2-3-10-8-4-5-9(7-8)11(10)12/h4-5,8-11,13H,2-3,6-7H2,1H3. The number of hydrogen-bond acceptors (Lipinski definition) is 1. The summed E-state index contributed by atoms with van der Waals surface area (Å²) in [7, 11) is 0. The summed E-state index contributed by atoms with van der Waals surface area (Å²) >= 11 is 0. The third kappa shape index (κ3) is 0.969. The molecule has 3 rings (SSSR count). The maximum atomic E-state index is 10.3. The van der Waals surface area contributed by atoms with Crippen LogP contribution in [-0.4, -0.2) is 10.7 Å². The maximum Gasteiger partial charge on any atom is 0.0656 e. The monoisotopic (exact) mass is 178 g/mol. The molecule has 72 valence electrons. The Morgan fingerprint density at radius 1 is 1.31 bits per heavy atom. The molecule has 2 bridgehead atoms. The Labute approximate surface area is 79.8 Å². The highest BCUT2D eigenvalue weighted by atomic mass is 16.3. The summed E-state index contributed by atoms with van der Waals surface area (Å²) in [5.41, 5.74) is -0.368. The Hall–Kier alpha value is -0.300. The van der Waals surface area contributed by atoms with E-state index in [1.807, 2.05) is 0 Å². The fourth-order valence-electron chi connectivity index (χ4n) is 4.10. The molecule has 3 aliphatic carbocycles. The first-order chi connectivity index (χ1) is 6.18. The Balaban J connectivity index is 1.96. The lowest BCUT2D eigenvalue weighted by Crippen LogP contribution is -2.44. The molecule has 3 aliphatic rings. The van der Waals surface area contributed by atoms with Gasteiger partial charge in [0, 0.05) is 0 Å². The van der Waals surface area contributed by atoms with E-state index in [-0.39, 0.29) is 5.60 Å². The molecule has 1 N–H and O–H groups in total. The second-order valence-electron chi connectivity index (χ2n) is 5.39. The van der Waals surface area contributed by atoms with Gasteiger partial charge in [-0.25, -0.2) is 0 Å². The molecule has 0 aliphatic heterocycles. The summed E-state index contributed by atoms with van der Waals surface area (Å²) in [4.78, 5) is 0. The largest absolute Gasteiger partial charge is 0.390 e. The van der Waals surface area contributed by atoms with Crippen LogP contribution in [0.2, 0.25) is 0 Å². The van der Waals surface area contributed by atoms with Crippen LogP contribution in [0.5, 0.6) is 0 Å². The number of aliphatic hydroxyl groups is 1. The lowest BCUT2D eigenvalue weighted by atomic mass is 9.65. The zero-order chi connectivity index (χ0) is 9.05. The van der Waals surface area contributed by atoms with Crippen molar-refractivity contribution < 1.29 is 5.11 Å². The quantitative estimate of drug-likeness (QED) is 0.565. The lowest BCUT2D eigenvalue weighted by Gasteiger charge is -2.43. The van der Waals surface area contributed by atoms with E-state index in [1.165, 1.54) is 19.3 Å². The zero-order valence-corrected chi connectivity index (χ0v) is 8.24. The van der Waals surface area contributed by atoms with E-state index >= 15 is 0 Å². The molecule has 0 spiro atoms. The van der Waals surface area contributed by atoms with Gasteiger partial charge in [-0.1, -0.05) is 18.6 Å². The highest BCUT2D eigenvalue weighted by Crippen LogP contribution is 2.57. The Kier molecular flexibility index (Phi) is 1.48. The maximum absolute atomic E-state index is 10.3. The molecule has 2 fully saturated rings. The van der Waals surface area contributed by atoms with Crippen LogP contribution in [0.15, 0.2) is 12.2 Å². The third-order valence-electron chi connectivity index (χ3n) is 4.56. The van der Waals surface area contributed by atoms with Gasteiger partial charge >= 0.3 is 0 Å². The highest BCUT2D eigenvalue weighted by molar-refractivity contribution is 5.17. The van der Waals surface area contributed by atoms with Crippen LogP contribution in [0.4, 0.5) is 0 Å². The van der Waals surface area contributed by atoms with Crippen LogP contribution >= 0.6 is 0 Å². The smallest absolute Gasteiger partial charge is 0.0656 e. The minimum absolute atomic E-state index is 0.368. The first-order valence-corrected chi connectivity index (χ1v) is 5.59. The topological polar surface area (TPSA) is 20.2 Å². The van der Waals surface area contributed by atoms with Gasteiger partial charge in [0.15, 0.2) is 0 Å². The van der Waals surface area contributed by atoms with Gasteiger partial charge in [0.05, 0.1) is 5.60 Å². The van der Waals surface area contributed by atoms with E-state index in [9.17, 15) is 5.11 Å². The minimum Gasteiger partial charge on any atom is -0.390 e. The van der Waals surface area contributed by atoms with Gasteiger partial charge in [0.2, 0.25) is 0 Å². The molecule has 0 amide bonds. The van der Waals surface area contributed by atoms with Crippen molar-refractivity contribution in [1.29, 1.82) is 0 Å². The minimum atomic E-state index is -0.368. The molecule has 0 aromatic heterocycles. The van der Waals surface area contributed by atoms with E-state index in [1.54, 1.807) is 0 Å². The second kappa shape index (κ2) is 2.38. The van der Waals surface area contributed by atoms with Crippen molar-refractivity contribution in [2.75, 3.05) is 0 Å². The lowest BCUT2D eigenvalue weighted by molar-refractivity contribution is -0.0640. The molecular weight excluding hydrogens is 160 g/mol. The van der Waals surface area contributed by atoms with E-state index in [0.717, 1.165) is 18.3 Å². The van der Waals surface area contributed by atoms with E-state index < -0.39 is 0 Å². The fraction of sp³-hybridized carbons (Fsp3) is 0.833. The van der Waals surface area contributed by atoms with Crippen molar-refractivity contribution in [1.82, 2.24) is 0 Å². The van der Waals surface area contributed by atoms with E-state index in [2.05, 4.69) is 19.1 Å². The van der Waals surface area contributed by atoms with Crippen LogP contribution in [-0.2, 0) is 0 Å². The van der Waals surface area contributed by atoms with Gasteiger partial charge in [-0.15, -0.1) is 0 Å². The van der Waals surface area contributed by atoms with Gasteiger partial charge in [-0.2, -0.15) is 0 Å². The van der Waals surface area contributed by atoms with Gasteiger partial charge in [-0.3, -0.25) is 0 Å². The first-order valence-electron chi connectivity index (χ1n) is 5.59. The van der Waals surface area contributed by atoms with Gasteiger partial charge < -0.3 is 5.11 Å². The van der Waals surface area contributed by atoms with Crippen molar-refractivity contribution in [2.45, 2.75) is 38.2 Å². The van der Waals surface area contributed by atoms with Crippen molar-refractivity contribution in [3.8, 4) is 0 Å². The van der Waals surface area contributed by atoms with Gasteiger partial charge in [0.25, 0.3) is 0 Å². The summed E-state index contributed by atoms with van der Waals surface area (Å²) in [6.45, 7) is 2.05. The summed E-state index contributed by atoms with van der Waals surface area (Å²) in [5, 5.41) is 10.3. The summed E-state index contributed by atoms with van der Waals surface area (Å²) in [5.74, 6) is 2.89. The first kappa shape index (κ1) is 8.05. The Morgan fingerprint density at radius 2 is 2.08 bits per heavy atom. The molecule has 13 heavy (non-hydrogen) atoms. The molecule has 0 saturated heterocycles. The van der Waals surface area contributed by atoms with Crippen LogP contribution < -0.4 is 0 Å². The van der Waals surface area contributed by atoms with Gasteiger partial charge in [-0.05, 0) is 49.9 Å². The summed E-state index contributed by atoms with van der Waals surface area (Å²) in [6.07, 6.45) is 9.67. The van der Waals surface area contributed by atoms with Crippen molar-refractivity contribution in [2.24, 2.45) is 23.7 Å². The molecule has 0 radical (unpaired) electrons. The molecule has 5 unspecified atom stereocenters. The third-order valence-corrected chi connectivity index (χ3v) is 4.56. The van der Waals surface area contributed by atoms with Crippen LogP contribution in [0, 0.1) is 23.7 Å².